The minimum Gasteiger partial charge on any atom is -0.457 e. The van der Waals surface area contributed by atoms with Crippen molar-refractivity contribution in [2.24, 2.45) is 5.92 Å². The number of anilines is 1. The summed E-state index contributed by atoms with van der Waals surface area (Å²) in [6.45, 7) is -0.343. The van der Waals surface area contributed by atoms with Gasteiger partial charge in [0.1, 0.15) is 17.2 Å². The Kier molecular flexibility index (Phi) is 8.50. The third-order valence-electron chi connectivity index (χ3n) is 7.26. The molecule has 6 rings (SSSR count). The van der Waals surface area contributed by atoms with Gasteiger partial charge in [-0.2, -0.15) is 0 Å². The average Bonchev–Trinajstić information content (AvgIpc) is 3.76. The van der Waals surface area contributed by atoms with E-state index < -0.39 is 30.2 Å². The van der Waals surface area contributed by atoms with E-state index in [9.17, 15) is 19.2 Å². The third-order valence-corrected chi connectivity index (χ3v) is 7.26. The lowest BCUT2D eigenvalue weighted by atomic mass is 10.0. The number of rotatable bonds is 10. The Balaban J connectivity index is 1.01. The molecule has 1 fully saturated rings. The molecule has 0 radical (unpaired) electrons. The van der Waals surface area contributed by atoms with Crippen molar-refractivity contribution in [2.45, 2.75) is 6.42 Å². The van der Waals surface area contributed by atoms with Crippen LogP contribution in [0.5, 0.6) is 17.2 Å². The highest BCUT2D eigenvalue weighted by atomic mass is 16.5. The molecule has 4 aromatic carbocycles. The maximum absolute atomic E-state index is 12.8. The van der Waals surface area contributed by atoms with Gasteiger partial charge in [0.15, 0.2) is 12.4 Å². The highest BCUT2D eigenvalue weighted by Gasteiger charge is 2.36. The van der Waals surface area contributed by atoms with Crippen molar-refractivity contribution >= 4 is 29.3 Å². The van der Waals surface area contributed by atoms with Crippen molar-refractivity contribution < 1.29 is 37.8 Å². The third kappa shape index (κ3) is 6.83. The van der Waals surface area contributed by atoms with E-state index in [1.165, 1.54) is 41.5 Å². The SMILES string of the molecule is O=C(COC(=O)[C@H]1CC(=O)N(c2ccc(Oc3ccccc3-c3ccccc3)cc2)C1)c1ccc(OC(=O)c2ccco2)cc1. The molecule has 5 aromatic rings. The number of para-hydroxylation sites is 1. The van der Waals surface area contributed by atoms with E-state index in [-0.39, 0.29) is 35.9 Å². The van der Waals surface area contributed by atoms with Gasteiger partial charge in [-0.1, -0.05) is 48.5 Å². The summed E-state index contributed by atoms with van der Waals surface area (Å²) in [7, 11) is 0. The molecule has 0 unspecified atom stereocenters. The minimum absolute atomic E-state index is 0.0224. The number of ether oxygens (including phenoxy) is 3. The molecule has 9 heteroatoms. The van der Waals surface area contributed by atoms with Gasteiger partial charge in [-0.3, -0.25) is 14.4 Å². The molecule has 1 atom stereocenters. The number of benzene rings is 4. The molecule has 1 aliphatic rings. The number of Topliss-reactive ketones (excluding diaryl/α,β-unsaturated/α-hetero) is 1. The smallest absolute Gasteiger partial charge is 0.379 e. The van der Waals surface area contributed by atoms with Crippen molar-refractivity contribution in [1.29, 1.82) is 0 Å². The Bertz CT molecular complexity index is 1810. The highest BCUT2D eigenvalue weighted by Crippen LogP contribution is 2.34. The topological polar surface area (TPSA) is 112 Å². The van der Waals surface area contributed by atoms with E-state index in [1.54, 1.807) is 30.3 Å². The molecule has 0 N–H and O–H groups in total. The standard InChI is InChI=1S/C36H27NO8/c38-31(25-12-16-29(17-13-25)45-36(41)33-11-6-20-42-33)23-43-35(40)26-21-34(39)37(22-26)27-14-18-28(19-15-27)44-32-10-5-4-9-30(32)24-7-2-1-3-8-24/h1-20,26H,21-23H2/t26-/m0/s1. The number of furan rings is 1. The summed E-state index contributed by atoms with van der Waals surface area (Å²) < 4.78 is 21.6. The molecular formula is C36H27NO8. The van der Waals surface area contributed by atoms with Gasteiger partial charge in [0, 0.05) is 29.8 Å². The van der Waals surface area contributed by atoms with Crippen molar-refractivity contribution in [3.63, 3.8) is 0 Å². The molecule has 2 heterocycles. The van der Waals surface area contributed by atoms with Crippen LogP contribution >= 0.6 is 0 Å². The first kappa shape index (κ1) is 29.1. The maximum atomic E-state index is 12.8. The molecular weight excluding hydrogens is 574 g/mol. The summed E-state index contributed by atoms with van der Waals surface area (Å²) in [6, 6.07) is 33.7. The van der Waals surface area contributed by atoms with Crippen molar-refractivity contribution in [1.82, 2.24) is 0 Å². The molecule has 0 saturated carbocycles. The molecule has 0 bridgehead atoms. The fourth-order valence-electron chi connectivity index (χ4n) is 4.95. The number of esters is 2. The van der Waals surface area contributed by atoms with E-state index in [4.69, 9.17) is 18.6 Å². The summed E-state index contributed by atoms with van der Waals surface area (Å²) in [5.74, 6) is -1.06. The van der Waals surface area contributed by atoms with Crippen LogP contribution in [0.3, 0.4) is 0 Å². The molecule has 1 amide bonds. The maximum Gasteiger partial charge on any atom is 0.379 e. The Morgan fingerprint density at radius 2 is 1.49 bits per heavy atom. The van der Waals surface area contributed by atoms with Crippen LogP contribution in [0.1, 0.15) is 27.3 Å². The van der Waals surface area contributed by atoms with Crippen LogP contribution in [0, 0.1) is 5.92 Å². The second-order valence-electron chi connectivity index (χ2n) is 10.3. The van der Waals surface area contributed by atoms with Gasteiger partial charge < -0.3 is 23.5 Å². The summed E-state index contributed by atoms with van der Waals surface area (Å²) in [5.41, 5.74) is 2.90. The van der Waals surface area contributed by atoms with Crippen LogP contribution in [-0.2, 0) is 14.3 Å². The zero-order chi connectivity index (χ0) is 31.2. The zero-order valence-corrected chi connectivity index (χ0v) is 24.0. The van der Waals surface area contributed by atoms with E-state index >= 15 is 0 Å². The Hall–Kier alpha value is -5.96. The van der Waals surface area contributed by atoms with Gasteiger partial charge in [0.25, 0.3) is 0 Å². The van der Waals surface area contributed by atoms with Crippen LogP contribution in [0.2, 0.25) is 0 Å². The Morgan fingerprint density at radius 1 is 0.778 bits per heavy atom. The predicted molar refractivity (Wildman–Crippen MR) is 164 cm³/mol. The van der Waals surface area contributed by atoms with Gasteiger partial charge >= 0.3 is 11.9 Å². The molecule has 0 spiro atoms. The van der Waals surface area contributed by atoms with E-state index in [2.05, 4.69) is 0 Å². The first-order valence-corrected chi connectivity index (χ1v) is 14.2. The van der Waals surface area contributed by atoms with Crippen LogP contribution < -0.4 is 14.4 Å². The minimum atomic E-state index is -0.706. The molecule has 224 valence electrons. The normalized spacial score (nSPS) is 14.2. The van der Waals surface area contributed by atoms with Crippen LogP contribution in [-0.4, -0.2) is 36.8 Å². The van der Waals surface area contributed by atoms with Crippen molar-refractivity contribution in [3.8, 4) is 28.4 Å². The van der Waals surface area contributed by atoms with Gasteiger partial charge in [-0.25, -0.2) is 4.79 Å². The first-order chi connectivity index (χ1) is 21.9. The van der Waals surface area contributed by atoms with Crippen LogP contribution in [0.15, 0.2) is 126 Å². The van der Waals surface area contributed by atoms with Crippen molar-refractivity contribution in [3.05, 3.63) is 133 Å². The molecule has 1 aromatic heterocycles. The number of hydrogen-bond donors (Lipinski definition) is 0. The van der Waals surface area contributed by atoms with Crippen LogP contribution in [0.25, 0.3) is 11.1 Å². The zero-order valence-electron chi connectivity index (χ0n) is 24.0. The van der Waals surface area contributed by atoms with Gasteiger partial charge in [-0.05, 0) is 72.3 Å². The molecule has 45 heavy (non-hydrogen) atoms. The van der Waals surface area contributed by atoms with Gasteiger partial charge in [0.05, 0.1) is 12.2 Å². The monoisotopic (exact) mass is 601 g/mol. The summed E-state index contributed by atoms with van der Waals surface area (Å²) in [4.78, 5) is 51.7. The lowest BCUT2D eigenvalue weighted by molar-refractivity contribution is -0.147. The molecule has 1 saturated heterocycles. The van der Waals surface area contributed by atoms with Gasteiger partial charge in [0.2, 0.25) is 11.7 Å². The average molecular weight is 602 g/mol. The Labute approximate surface area is 258 Å². The summed E-state index contributed by atoms with van der Waals surface area (Å²) in [6.07, 6.45) is 1.34. The molecule has 1 aliphatic heterocycles. The number of hydrogen-bond acceptors (Lipinski definition) is 8. The first-order valence-electron chi connectivity index (χ1n) is 14.2. The van der Waals surface area contributed by atoms with E-state index in [1.807, 2.05) is 54.6 Å². The summed E-state index contributed by atoms with van der Waals surface area (Å²) in [5, 5.41) is 0. The predicted octanol–water partition coefficient (Wildman–Crippen LogP) is 6.74. The summed E-state index contributed by atoms with van der Waals surface area (Å²) >= 11 is 0. The number of ketones is 1. The van der Waals surface area contributed by atoms with Crippen LogP contribution in [0.4, 0.5) is 5.69 Å². The number of amides is 1. The highest BCUT2D eigenvalue weighted by molar-refractivity contribution is 6.01. The van der Waals surface area contributed by atoms with E-state index in [0.29, 0.717) is 17.2 Å². The largest absolute Gasteiger partial charge is 0.457 e. The quantitative estimate of drug-likeness (QED) is 0.0983. The second-order valence-corrected chi connectivity index (χ2v) is 10.3. The number of carbonyl (C=O) groups is 4. The van der Waals surface area contributed by atoms with Crippen molar-refractivity contribution in [2.75, 3.05) is 18.1 Å². The van der Waals surface area contributed by atoms with Gasteiger partial charge in [-0.15, -0.1) is 0 Å². The lowest BCUT2D eigenvalue weighted by Crippen LogP contribution is -2.27. The lowest BCUT2D eigenvalue weighted by Gasteiger charge is -2.17. The molecule has 0 aliphatic carbocycles. The van der Waals surface area contributed by atoms with E-state index in [0.717, 1.165) is 11.1 Å². The number of carbonyl (C=O) groups excluding carboxylic acids is 4. The fraction of sp³-hybridized carbons (Fsp3) is 0.111. The fourth-order valence-corrected chi connectivity index (χ4v) is 4.95. The number of nitrogens with zero attached hydrogens (tertiary/aromatic N) is 1. The Morgan fingerprint density at radius 3 is 2.22 bits per heavy atom. The second kappa shape index (κ2) is 13.1. The molecule has 9 nitrogen and oxygen atoms in total.